The fraction of sp³-hybridized carbons (Fsp3) is 0.500. The molecule has 15 heteroatoms. The van der Waals surface area contributed by atoms with E-state index in [4.69, 9.17) is 20.7 Å². The number of benzene rings is 1. The fourth-order valence-electron chi connectivity index (χ4n) is 6.20. The molecule has 4 aliphatic heterocycles. The van der Waals surface area contributed by atoms with Gasteiger partial charge in [0.15, 0.2) is 23.3 Å². The zero-order valence-corrected chi connectivity index (χ0v) is 22.8. The number of carbonyl (C=O) groups is 2. The average Bonchev–Trinajstić information content (AvgIpc) is 3.57. The van der Waals surface area contributed by atoms with Crippen LogP contribution in [0.4, 0.5) is 0 Å². The third-order valence-electron chi connectivity index (χ3n) is 8.40. The number of carbonyl (C=O) groups excluding carboxylic acids is 2. The van der Waals surface area contributed by atoms with E-state index in [9.17, 15) is 19.8 Å². The van der Waals surface area contributed by atoms with E-state index in [2.05, 4.69) is 44.9 Å². The molecule has 1 fully saturated rings. The molecule has 1 spiro atoms. The first kappa shape index (κ1) is 26.8. The summed E-state index contributed by atoms with van der Waals surface area (Å²) in [7, 11) is 0. The molecule has 4 atom stereocenters. The second kappa shape index (κ2) is 9.07. The lowest BCUT2D eigenvalue weighted by Crippen LogP contribution is -2.78. The van der Waals surface area contributed by atoms with Crippen molar-refractivity contribution in [2.24, 2.45) is 21.5 Å². The largest absolute Gasteiger partial charge is 0.492 e. The van der Waals surface area contributed by atoms with Crippen LogP contribution in [0.2, 0.25) is 0 Å². The Kier molecular flexibility index (Phi) is 5.94. The number of aliphatic hydroxyl groups is 2. The van der Waals surface area contributed by atoms with Crippen LogP contribution in [-0.4, -0.2) is 93.3 Å². The summed E-state index contributed by atoms with van der Waals surface area (Å²) in [6.45, 7) is 6.10. The van der Waals surface area contributed by atoms with E-state index in [-0.39, 0.29) is 41.7 Å². The predicted molar refractivity (Wildman–Crippen MR) is 145 cm³/mol. The molecule has 2 aromatic rings. The Morgan fingerprint density at radius 1 is 1.22 bits per heavy atom. The van der Waals surface area contributed by atoms with Crippen molar-refractivity contribution in [2.45, 2.75) is 62.2 Å². The van der Waals surface area contributed by atoms with Gasteiger partial charge in [0.2, 0.25) is 5.79 Å². The van der Waals surface area contributed by atoms with Crippen molar-refractivity contribution in [1.29, 1.82) is 0 Å². The molecule has 6 rings (SSSR count). The molecule has 0 radical (unpaired) electrons. The number of fused-ring (bicyclic) bond motifs is 1. The van der Waals surface area contributed by atoms with Crippen molar-refractivity contribution in [2.75, 3.05) is 19.7 Å². The number of hydrogen-bond acceptors (Lipinski definition) is 13. The van der Waals surface area contributed by atoms with Crippen LogP contribution in [0, 0.1) is 6.92 Å². The molecule has 0 saturated carbocycles. The van der Waals surface area contributed by atoms with Crippen LogP contribution in [0.15, 0.2) is 38.8 Å². The molecule has 15 nitrogen and oxygen atoms in total. The van der Waals surface area contributed by atoms with Crippen molar-refractivity contribution in [1.82, 2.24) is 26.0 Å². The third-order valence-corrected chi connectivity index (χ3v) is 8.40. The van der Waals surface area contributed by atoms with Crippen molar-refractivity contribution in [3.8, 4) is 5.75 Å². The SMILES string of the molecule is Cc1cc(C(=O)NC[C@@H]2N=C(N)N3CC(NC(=O)c4cccc5c4OCCC5(C)C)C(O)(O)[C@@]34NC(N)=N[C@@H]24)no1. The number of para-hydroxylation sites is 1. The highest BCUT2D eigenvalue weighted by Gasteiger charge is 2.73. The Balaban J connectivity index is 1.27. The number of nitrogens with zero attached hydrogens (tertiary/aromatic N) is 4. The van der Waals surface area contributed by atoms with Crippen LogP contribution < -0.4 is 32.2 Å². The number of aromatic nitrogens is 1. The highest BCUT2D eigenvalue weighted by atomic mass is 16.5. The van der Waals surface area contributed by atoms with Gasteiger partial charge in [-0.1, -0.05) is 31.1 Å². The summed E-state index contributed by atoms with van der Waals surface area (Å²) in [5, 5.41) is 35.4. The second-order valence-electron chi connectivity index (χ2n) is 11.5. The summed E-state index contributed by atoms with van der Waals surface area (Å²) in [6.07, 6.45) is 0.800. The monoisotopic (exact) mass is 567 g/mol. The number of guanidine groups is 2. The Morgan fingerprint density at radius 3 is 2.73 bits per heavy atom. The van der Waals surface area contributed by atoms with Gasteiger partial charge in [0.05, 0.1) is 18.2 Å². The highest BCUT2D eigenvalue weighted by molar-refractivity contribution is 5.98. The third kappa shape index (κ3) is 3.98. The predicted octanol–water partition coefficient (Wildman–Crippen LogP) is -1.75. The zero-order chi connectivity index (χ0) is 29.3. The van der Waals surface area contributed by atoms with Crippen molar-refractivity contribution in [3.63, 3.8) is 0 Å². The number of ether oxygens (including phenoxy) is 1. The number of rotatable bonds is 5. The molecule has 5 heterocycles. The van der Waals surface area contributed by atoms with Crippen molar-refractivity contribution in [3.05, 3.63) is 46.8 Å². The minimum Gasteiger partial charge on any atom is -0.492 e. The number of aryl methyl sites for hydroxylation is 1. The van der Waals surface area contributed by atoms with E-state index in [0.717, 1.165) is 12.0 Å². The summed E-state index contributed by atoms with van der Waals surface area (Å²) >= 11 is 0. The van der Waals surface area contributed by atoms with Gasteiger partial charge < -0.3 is 51.8 Å². The first-order valence-electron chi connectivity index (χ1n) is 13.3. The lowest BCUT2D eigenvalue weighted by atomic mass is 9.79. The van der Waals surface area contributed by atoms with Crippen molar-refractivity contribution >= 4 is 23.7 Å². The molecule has 0 aliphatic carbocycles. The lowest BCUT2D eigenvalue weighted by molar-refractivity contribution is -0.230. The molecule has 9 N–H and O–H groups in total. The Hall–Kier alpha value is -4.37. The van der Waals surface area contributed by atoms with E-state index < -0.39 is 41.4 Å². The van der Waals surface area contributed by atoms with Gasteiger partial charge in [0, 0.05) is 24.7 Å². The molecule has 4 aliphatic rings. The number of aliphatic imine (C=N–C) groups is 2. The fourth-order valence-corrected chi connectivity index (χ4v) is 6.20. The summed E-state index contributed by atoms with van der Waals surface area (Å²) in [5.74, 6) is -2.85. The van der Waals surface area contributed by atoms with Crippen LogP contribution in [-0.2, 0) is 5.41 Å². The Bertz CT molecular complexity index is 1480. The zero-order valence-electron chi connectivity index (χ0n) is 22.8. The normalized spacial score (nSPS) is 28.7. The van der Waals surface area contributed by atoms with Crippen LogP contribution >= 0.6 is 0 Å². The molecule has 1 aromatic heterocycles. The van der Waals surface area contributed by atoms with Crippen LogP contribution in [0.3, 0.4) is 0 Å². The molecule has 1 aromatic carbocycles. The molecule has 1 saturated heterocycles. The number of nitrogens with one attached hydrogen (secondary N) is 3. The molecular weight excluding hydrogens is 534 g/mol. The minimum atomic E-state index is -2.63. The Labute approximate surface area is 235 Å². The number of nitrogens with two attached hydrogens (primary N) is 2. The van der Waals surface area contributed by atoms with E-state index in [1.54, 1.807) is 19.1 Å². The maximum atomic E-state index is 13.6. The van der Waals surface area contributed by atoms with Gasteiger partial charge in [-0.25, -0.2) is 9.98 Å². The first-order chi connectivity index (χ1) is 19.3. The first-order valence-corrected chi connectivity index (χ1v) is 13.3. The van der Waals surface area contributed by atoms with Gasteiger partial charge in [0.1, 0.15) is 23.6 Å². The molecule has 218 valence electrons. The number of amides is 2. The quantitative estimate of drug-likeness (QED) is 0.200. The smallest absolute Gasteiger partial charge is 0.273 e. The molecule has 0 bridgehead atoms. The number of hydrogen-bond donors (Lipinski definition) is 7. The molecular formula is C26H33N9O6. The Morgan fingerprint density at radius 2 is 2.00 bits per heavy atom. The summed E-state index contributed by atoms with van der Waals surface area (Å²) in [5.41, 5.74) is 11.7. The van der Waals surface area contributed by atoms with Gasteiger partial charge in [-0.05, 0) is 24.8 Å². The topological polar surface area (TPSA) is 226 Å². The van der Waals surface area contributed by atoms with Crippen LogP contribution in [0.1, 0.15) is 52.4 Å². The summed E-state index contributed by atoms with van der Waals surface area (Å²) in [6, 6.07) is 3.76. The highest BCUT2D eigenvalue weighted by Crippen LogP contribution is 2.45. The second-order valence-corrected chi connectivity index (χ2v) is 11.5. The van der Waals surface area contributed by atoms with Gasteiger partial charge in [-0.15, -0.1) is 0 Å². The standard InChI is InChI=1S/C26H33N9O6/c1-12-9-15(34-41-12)21(37)29-10-16-19-25(33-22(27)32-19)26(38,39)17(11-35(25)23(28)30-16)31-20(36)13-5-4-6-14-18(13)40-8-7-24(14,2)3/h4-6,9,16-17,19,38-39H,7-8,10-11H2,1-3H3,(H2,28,30)(H,29,37)(H,31,36)(H3,27,32,33)/t16-,17?,19-,25-/m0/s1. The lowest BCUT2D eigenvalue weighted by Gasteiger charge is -2.49. The maximum absolute atomic E-state index is 13.6. The van der Waals surface area contributed by atoms with E-state index in [1.807, 2.05) is 6.07 Å². The molecule has 1 unspecified atom stereocenters. The average molecular weight is 568 g/mol. The summed E-state index contributed by atoms with van der Waals surface area (Å²) < 4.78 is 10.8. The van der Waals surface area contributed by atoms with Crippen LogP contribution in [0.5, 0.6) is 5.75 Å². The minimum absolute atomic E-state index is 0.0402. The van der Waals surface area contributed by atoms with Crippen molar-refractivity contribution < 1.29 is 29.1 Å². The van der Waals surface area contributed by atoms with Gasteiger partial charge >= 0.3 is 0 Å². The maximum Gasteiger partial charge on any atom is 0.273 e. The van der Waals surface area contributed by atoms with E-state index >= 15 is 0 Å². The van der Waals surface area contributed by atoms with E-state index in [1.165, 1.54) is 11.0 Å². The summed E-state index contributed by atoms with van der Waals surface area (Å²) in [4.78, 5) is 36.5. The van der Waals surface area contributed by atoms with Gasteiger partial charge in [-0.3, -0.25) is 9.59 Å². The molecule has 41 heavy (non-hydrogen) atoms. The van der Waals surface area contributed by atoms with Crippen LogP contribution in [0.25, 0.3) is 0 Å². The van der Waals surface area contributed by atoms with Gasteiger partial charge in [0.25, 0.3) is 11.8 Å². The van der Waals surface area contributed by atoms with Gasteiger partial charge in [-0.2, -0.15) is 0 Å². The van der Waals surface area contributed by atoms with E-state index in [0.29, 0.717) is 18.1 Å². The molecule has 2 amide bonds.